The lowest BCUT2D eigenvalue weighted by atomic mass is 9.96. The molecule has 0 saturated carbocycles. The number of hydrogen-bond acceptors (Lipinski definition) is 5. The number of nitrogens with zero attached hydrogens (tertiary/aromatic N) is 2. The smallest absolute Gasteiger partial charge is 0.407 e. The van der Waals surface area contributed by atoms with Gasteiger partial charge in [0.25, 0.3) is 0 Å². The van der Waals surface area contributed by atoms with Crippen molar-refractivity contribution in [2.75, 3.05) is 25.4 Å². The van der Waals surface area contributed by atoms with Crippen LogP contribution in [0.25, 0.3) is 10.8 Å². The first kappa shape index (κ1) is 22.8. The fourth-order valence-corrected chi connectivity index (χ4v) is 6.27. The van der Waals surface area contributed by atoms with Crippen LogP contribution in [0.1, 0.15) is 25.7 Å². The highest BCUT2D eigenvalue weighted by atomic mass is 35.5. The fraction of sp³-hybridized carbons (Fsp3) is 0.455. The molecular formula is C22H26ClN3O5S. The SMILES string of the molecule is O=C(NN1CCC[C@H]1CS(=O)(=O)c1ccc2cc(Cl)ccc2c1)C1CCN(C(=O)O)CC1. The van der Waals surface area contributed by atoms with E-state index in [0.29, 0.717) is 43.9 Å². The van der Waals surface area contributed by atoms with E-state index in [2.05, 4.69) is 5.43 Å². The Bertz CT molecular complexity index is 1130. The third-order valence-corrected chi connectivity index (χ3v) is 8.34. The molecule has 0 radical (unpaired) electrons. The van der Waals surface area contributed by atoms with E-state index >= 15 is 0 Å². The Balaban J connectivity index is 1.40. The molecule has 0 aromatic heterocycles. The molecular weight excluding hydrogens is 454 g/mol. The van der Waals surface area contributed by atoms with Crippen molar-refractivity contribution in [2.45, 2.75) is 36.6 Å². The molecule has 0 unspecified atom stereocenters. The first-order valence-corrected chi connectivity index (χ1v) is 12.7. The first-order valence-electron chi connectivity index (χ1n) is 10.7. The Kier molecular flexibility index (Phi) is 6.60. The molecule has 0 bridgehead atoms. The number of benzene rings is 2. The standard InChI is InChI=1S/C22H26ClN3O5S/c23-18-5-3-17-13-20(6-4-16(17)12-18)32(30,31)14-19-2-1-9-26(19)24-21(27)15-7-10-25(11-8-15)22(28)29/h3-6,12-13,15,19H,1-2,7-11,14H2,(H,24,27)(H,28,29)/t19-/m0/s1. The number of likely N-dealkylation sites (tertiary alicyclic amines) is 1. The fourth-order valence-electron chi connectivity index (χ4n) is 4.46. The second-order valence-corrected chi connectivity index (χ2v) is 10.9. The maximum Gasteiger partial charge on any atom is 0.407 e. The van der Waals surface area contributed by atoms with Gasteiger partial charge in [0.2, 0.25) is 5.91 Å². The predicted octanol–water partition coefficient (Wildman–Crippen LogP) is 3.15. The molecule has 2 N–H and O–H groups in total. The molecule has 0 spiro atoms. The molecule has 2 aromatic carbocycles. The Hall–Kier alpha value is -2.36. The van der Waals surface area contributed by atoms with Gasteiger partial charge in [-0.3, -0.25) is 10.2 Å². The lowest BCUT2D eigenvalue weighted by Crippen LogP contribution is -2.51. The van der Waals surface area contributed by atoms with Gasteiger partial charge in [-0.05, 0) is 60.7 Å². The molecule has 2 aromatic rings. The number of carbonyl (C=O) groups is 2. The summed E-state index contributed by atoms with van der Waals surface area (Å²) in [5.41, 5.74) is 2.90. The average molecular weight is 480 g/mol. The van der Waals surface area contributed by atoms with Crippen molar-refractivity contribution in [3.05, 3.63) is 41.4 Å². The summed E-state index contributed by atoms with van der Waals surface area (Å²) in [6.45, 7) is 1.26. The van der Waals surface area contributed by atoms with Crippen molar-refractivity contribution in [1.82, 2.24) is 15.3 Å². The van der Waals surface area contributed by atoms with Gasteiger partial charge in [0.1, 0.15) is 0 Å². The van der Waals surface area contributed by atoms with Crippen molar-refractivity contribution in [1.29, 1.82) is 0 Å². The van der Waals surface area contributed by atoms with Crippen LogP contribution >= 0.6 is 11.6 Å². The molecule has 2 amide bonds. The van der Waals surface area contributed by atoms with Gasteiger partial charge >= 0.3 is 6.09 Å². The molecule has 2 saturated heterocycles. The molecule has 2 fully saturated rings. The van der Waals surface area contributed by atoms with Crippen molar-refractivity contribution in [3.63, 3.8) is 0 Å². The molecule has 4 rings (SSSR count). The minimum Gasteiger partial charge on any atom is -0.465 e. The monoisotopic (exact) mass is 479 g/mol. The van der Waals surface area contributed by atoms with E-state index in [4.69, 9.17) is 16.7 Å². The van der Waals surface area contributed by atoms with Crippen LogP contribution in [0, 0.1) is 5.92 Å². The van der Waals surface area contributed by atoms with Crippen molar-refractivity contribution < 1.29 is 23.1 Å². The summed E-state index contributed by atoms with van der Waals surface area (Å²) in [6, 6.07) is 10.0. The zero-order valence-corrected chi connectivity index (χ0v) is 19.1. The summed E-state index contributed by atoms with van der Waals surface area (Å²) < 4.78 is 26.2. The molecule has 0 aliphatic carbocycles. The van der Waals surface area contributed by atoms with Crippen LogP contribution in [-0.2, 0) is 14.6 Å². The van der Waals surface area contributed by atoms with Crippen molar-refractivity contribution in [3.8, 4) is 0 Å². The molecule has 2 aliphatic heterocycles. The topological polar surface area (TPSA) is 107 Å². The summed E-state index contributed by atoms with van der Waals surface area (Å²) in [4.78, 5) is 25.3. The van der Waals surface area contributed by atoms with Crippen LogP contribution in [0.15, 0.2) is 41.3 Å². The lowest BCUT2D eigenvalue weighted by Gasteiger charge is -2.31. The molecule has 32 heavy (non-hydrogen) atoms. The lowest BCUT2D eigenvalue weighted by molar-refractivity contribution is -0.131. The molecule has 2 heterocycles. The molecule has 2 aliphatic rings. The molecule has 8 nitrogen and oxygen atoms in total. The Morgan fingerprint density at radius 2 is 1.72 bits per heavy atom. The van der Waals surface area contributed by atoms with Crippen LogP contribution in [0.2, 0.25) is 5.02 Å². The number of sulfone groups is 1. The second-order valence-electron chi connectivity index (χ2n) is 8.44. The van der Waals surface area contributed by atoms with E-state index in [9.17, 15) is 18.0 Å². The summed E-state index contributed by atoms with van der Waals surface area (Å²) in [5.74, 6) is -0.512. The zero-order chi connectivity index (χ0) is 22.9. The number of fused-ring (bicyclic) bond motifs is 1. The molecule has 172 valence electrons. The van der Waals surface area contributed by atoms with E-state index in [1.165, 1.54) is 4.90 Å². The summed E-state index contributed by atoms with van der Waals surface area (Å²) in [5, 5.41) is 13.1. The molecule has 1 atom stereocenters. The first-order chi connectivity index (χ1) is 15.2. The Morgan fingerprint density at radius 1 is 1.03 bits per heavy atom. The number of nitrogens with one attached hydrogen (secondary N) is 1. The van der Waals surface area contributed by atoms with Crippen LogP contribution in [-0.4, -0.2) is 66.9 Å². The average Bonchev–Trinajstić information content (AvgIpc) is 3.19. The van der Waals surface area contributed by atoms with Gasteiger partial charge in [-0.25, -0.2) is 18.2 Å². The number of hydrazine groups is 1. The number of carboxylic acid groups (broad SMARTS) is 1. The van der Waals surface area contributed by atoms with Gasteiger partial charge < -0.3 is 10.0 Å². The Labute approximate surface area is 192 Å². The highest BCUT2D eigenvalue weighted by Gasteiger charge is 2.34. The highest BCUT2D eigenvalue weighted by molar-refractivity contribution is 7.91. The van der Waals surface area contributed by atoms with Crippen molar-refractivity contribution >= 4 is 44.2 Å². The second kappa shape index (κ2) is 9.25. The maximum atomic E-state index is 13.1. The van der Waals surface area contributed by atoms with E-state index in [1.54, 1.807) is 41.4 Å². The number of piperidine rings is 1. The number of carbonyl (C=O) groups excluding carboxylic acids is 1. The largest absolute Gasteiger partial charge is 0.465 e. The van der Waals surface area contributed by atoms with Crippen LogP contribution in [0.5, 0.6) is 0 Å². The van der Waals surface area contributed by atoms with Gasteiger partial charge in [0.15, 0.2) is 9.84 Å². The van der Waals surface area contributed by atoms with Crippen LogP contribution in [0.3, 0.4) is 0 Å². The van der Waals surface area contributed by atoms with Gasteiger partial charge in [-0.1, -0.05) is 23.7 Å². The number of halogens is 1. The Morgan fingerprint density at radius 3 is 2.44 bits per heavy atom. The summed E-state index contributed by atoms with van der Waals surface area (Å²) in [7, 11) is -3.55. The van der Waals surface area contributed by atoms with Crippen LogP contribution in [0.4, 0.5) is 4.79 Å². The highest BCUT2D eigenvalue weighted by Crippen LogP contribution is 2.26. The number of rotatable bonds is 5. The quantitative estimate of drug-likeness (QED) is 0.682. The van der Waals surface area contributed by atoms with E-state index in [0.717, 1.165) is 17.2 Å². The summed E-state index contributed by atoms with van der Waals surface area (Å²) >= 11 is 6.01. The maximum absolute atomic E-state index is 13.1. The number of amides is 2. The van der Waals surface area contributed by atoms with Crippen LogP contribution < -0.4 is 5.43 Å². The number of hydrogen-bond donors (Lipinski definition) is 2. The van der Waals surface area contributed by atoms with E-state index in [-0.39, 0.29) is 28.5 Å². The predicted molar refractivity (Wildman–Crippen MR) is 121 cm³/mol. The zero-order valence-electron chi connectivity index (χ0n) is 17.5. The van der Waals surface area contributed by atoms with Crippen molar-refractivity contribution in [2.24, 2.45) is 5.92 Å². The van der Waals surface area contributed by atoms with Gasteiger partial charge in [0.05, 0.1) is 10.6 Å². The van der Waals surface area contributed by atoms with E-state index < -0.39 is 15.9 Å². The third-order valence-electron chi connectivity index (χ3n) is 6.31. The van der Waals surface area contributed by atoms with Gasteiger partial charge in [0, 0.05) is 36.6 Å². The molecule has 10 heteroatoms. The van der Waals surface area contributed by atoms with Gasteiger partial charge in [-0.2, -0.15) is 0 Å². The van der Waals surface area contributed by atoms with Gasteiger partial charge in [-0.15, -0.1) is 0 Å². The normalized spacial score (nSPS) is 20.5. The third kappa shape index (κ3) is 5.00. The summed E-state index contributed by atoms with van der Waals surface area (Å²) in [6.07, 6.45) is 1.45. The minimum absolute atomic E-state index is 0.0795. The minimum atomic E-state index is -3.55. The van der Waals surface area contributed by atoms with E-state index in [1.807, 2.05) is 0 Å².